The normalized spacial score (nSPS) is 11.2. The molecule has 0 unspecified atom stereocenters. The molecule has 1 N–H and O–H groups in total. The monoisotopic (exact) mass is 366 g/mol. The number of carbonyl (C=O) groups excluding carboxylic acids is 1. The number of aryl methyl sites for hydroxylation is 1. The largest absolute Gasteiger partial charge is 0.322 e. The van der Waals surface area contributed by atoms with Crippen LogP contribution in [0.15, 0.2) is 59.5 Å². The van der Waals surface area contributed by atoms with Crippen LogP contribution in [0.2, 0.25) is 5.02 Å². The molecule has 0 bridgehead atoms. The van der Waals surface area contributed by atoms with Crippen LogP contribution >= 0.6 is 11.6 Å². The van der Waals surface area contributed by atoms with Crippen molar-refractivity contribution >= 4 is 39.7 Å². The predicted octanol–water partition coefficient (Wildman–Crippen LogP) is 3.57. The summed E-state index contributed by atoms with van der Waals surface area (Å²) in [6.07, 6.45) is 1.59. The standard InChI is InChI=1S/C19H15ClN4O2/c1-2-23-17-11-12(18(25)22-14-6-4-13(20)5-7-14)3-8-15(17)24-16(19(23)26)9-10-21-24/h3-11H,2H2,1H3,(H,22,25). The molecule has 7 heteroatoms. The van der Waals surface area contributed by atoms with Gasteiger partial charge in [0.1, 0.15) is 5.52 Å². The van der Waals surface area contributed by atoms with Crippen LogP contribution in [0.3, 0.4) is 0 Å². The molecule has 0 atom stereocenters. The minimum Gasteiger partial charge on any atom is -0.322 e. The van der Waals surface area contributed by atoms with Gasteiger partial charge < -0.3 is 9.88 Å². The van der Waals surface area contributed by atoms with Crippen LogP contribution in [0, 0.1) is 0 Å². The molecule has 2 aromatic carbocycles. The van der Waals surface area contributed by atoms with Crippen molar-refractivity contribution in [2.45, 2.75) is 13.5 Å². The average Bonchev–Trinajstić information content (AvgIpc) is 3.14. The Kier molecular flexibility index (Phi) is 3.97. The minimum absolute atomic E-state index is 0.132. The maximum atomic E-state index is 12.6. The molecule has 4 rings (SSSR count). The van der Waals surface area contributed by atoms with Gasteiger partial charge >= 0.3 is 0 Å². The van der Waals surface area contributed by atoms with E-state index in [-0.39, 0.29) is 11.5 Å². The first-order valence-electron chi connectivity index (χ1n) is 8.15. The molecule has 26 heavy (non-hydrogen) atoms. The number of rotatable bonds is 3. The molecular formula is C19H15ClN4O2. The van der Waals surface area contributed by atoms with E-state index >= 15 is 0 Å². The van der Waals surface area contributed by atoms with Gasteiger partial charge in [0.15, 0.2) is 0 Å². The lowest BCUT2D eigenvalue weighted by molar-refractivity contribution is 0.102. The van der Waals surface area contributed by atoms with E-state index in [4.69, 9.17) is 11.6 Å². The number of carbonyl (C=O) groups is 1. The smallest absolute Gasteiger partial charge is 0.277 e. The third-order valence-corrected chi connectivity index (χ3v) is 4.53. The Morgan fingerprint density at radius 2 is 1.85 bits per heavy atom. The Hall–Kier alpha value is -3.12. The summed E-state index contributed by atoms with van der Waals surface area (Å²) < 4.78 is 3.25. The average molecular weight is 367 g/mol. The number of fused-ring (bicyclic) bond motifs is 3. The molecule has 6 nitrogen and oxygen atoms in total. The zero-order valence-electron chi connectivity index (χ0n) is 13.9. The van der Waals surface area contributed by atoms with Gasteiger partial charge in [0.25, 0.3) is 11.5 Å². The molecule has 4 aromatic rings. The van der Waals surface area contributed by atoms with Crippen LogP contribution in [0.4, 0.5) is 5.69 Å². The number of benzene rings is 2. The van der Waals surface area contributed by atoms with Gasteiger partial charge in [-0.3, -0.25) is 9.59 Å². The maximum absolute atomic E-state index is 12.6. The lowest BCUT2D eigenvalue weighted by Gasteiger charge is -2.12. The first-order valence-corrected chi connectivity index (χ1v) is 8.53. The SMILES string of the molecule is CCn1c(=O)c2ccnn2c2ccc(C(=O)Nc3ccc(Cl)cc3)cc21. The second-order valence-corrected chi connectivity index (χ2v) is 6.28. The third-order valence-electron chi connectivity index (χ3n) is 4.28. The molecule has 0 saturated carbocycles. The number of nitrogens with one attached hydrogen (secondary N) is 1. The van der Waals surface area contributed by atoms with Gasteiger partial charge in [-0.05, 0) is 55.5 Å². The fraction of sp³-hybridized carbons (Fsp3) is 0.105. The molecule has 0 aliphatic heterocycles. The van der Waals surface area contributed by atoms with Crippen LogP contribution < -0.4 is 10.9 Å². The van der Waals surface area contributed by atoms with Crippen molar-refractivity contribution in [3.63, 3.8) is 0 Å². The summed E-state index contributed by atoms with van der Waals surface area (Å²) >= 11 is 5.86. The van der Waals surface area contributed by atoms with Gasteiger partial charge in [-0.1, -0.05) is 11.6 Å². The van der Waals surface area contributed by atoms with Crippen molar-refractivity contribution in [1.82, 2.24) is 14.2 Å². The summed E-state index contributed by atoms with van der Waals surface area (Å²) in [5, 5.41) is 7.65. The number of hydrogen-bond donors (Lipinski definition) is 1. The van der Waals surface area contributed by atoms with Crippen molar-refractivity contribution in [3.8, 4) is 0 Å². The molecule has 1 amide bonds. The molecular weight excluding hydrogens is 352 g/mol. The maximum Gasteiger partial charge on any atom is 0.277 e. The number of amides is 1. The van der Waals surface area contributed by atoms with E-state index in [1.165, 1.54) is 0 Å². The summed E-state index contributed by atoms with van der Waals surface area (Å²) in [7, 11) is 0. The van der Waals surface area contributed by atoms with Gasteiger partial charge in [-0.25, -0.2) is 4.52 Å². The van der Waals surface area contributed by atoms with Crippen LogP contribution in [-0.4, -0.2) is 20.1 Å². The van der Waals surface area contributed by atoms with Crippen molar-refractivity contribution < 1.29 is 4.79 Å². The molecule has 2 aromatic heterocycles. The number of hydrogen-bond acceptors (Lipinski definition) is 3. The van der Waals surface area contributed by atoms with Crippen LogP contribution in [-0.2, 0) is 6.54 Å². The van der Waals surface area contributed by atoms with Crippen molar-refractivity contribution in [2.24, 2.45) is 0 Å². The highest BCUT2D eigenvalue weighted by atomic mass is 35.5. The van der Waals surface area contributed by atoms with Crippen molar-refractivity contribution in [3.05, 3.63) is 75.7 Å². The van der Waals surface area contributed by atoms with Gasteiger partial charge in [0, 0.05) is 22.8 Å². The molecule has 0 fully saturated rings. The molecule has 0 spiro atoms. The third kappa shape index (κ3) is 2.64. The van der Waals surface area contributed by atoms with Crippen LogP contribution in [0.5, 0.6) is 0 Å². The van der Waals surface area contributed by atoms with E-state index in [9.17, 15) is 9.59 Å². The van der Waals surface area contributed by atoms with Crippen LogP contribution in [0.1, 0.15) is 17.3 Å². The van der Waals surface area contributed by atoms with Crippen molar-refractivity contribution in [2.75, 3.05) is 5.32 Å². The van der Waals surface area contributed by atoms with E-state index in [0.29, 0.717) is 33.9 Å². The molecule has 0 aliphatic carbocycles. The summed E-state index contributed by atoms with van der Waals surface area (Å²) in [4.78, 5) is 25.2. The highest BCUT2D eigenvalue weighted by Gasteiger charge is 2.13. The Balaban J connectivity index is 1.81. The van der Waals surface area contributed by atoms with E-state index < -0.39 is 0 Å². The molecule has 0 aliphatic rings. The lowest BCUT2D eigenvalue weighted by atomic mass is 10.1. The molecule has 0 saturated heterocycles. The first-order chi connectivity index (χ1) is 12.6. The van der Waals surface area contributed by atoms with Crippen molar-refractivity contribution in [1.29, 1.82) is 0 Å². The lowest BCUT2D eigenvalue weighted by Crippen LogP contribution is -2.22. The summed E-state index contributed by atoms with van der Waals surface area (Å²) in [6.45, 7) is 2.40. The Bertz CT molecular complexity index is 1190. The molecule has 0 radical (unpaired) electrons. The Morgan fingerprint density at radius 1 is 1.08 bits per heavy atom. The molecule has 130 valence electrons. The van der Waals surface area contributed by atoms with E-state index in [1.54, 1.807) is 63.8 Å². The van der Waals surface area contributed by atoms with E-state index in [1.807, 2.05) is 6.92 Å². The van der Waals surface area contributed by atoms with Crippen LogP contribution in [0.25, 0.3) is 16.6 Å². The quantitative estimate of drug-likeness (QED) is 0.602. The second kappa shape index (κ2) is 6.31. The highest BCUT2D eigenvalue weighted by Crippen LogP contribution is 2.18. The van der Waals surface area contributed by atoms with Gasteiger partial charge in [0.2, 0.25) is 0 Å². The summed E-state index contributed by atoms with van der Waals surface area (Å²) in [5.74, 6) is -0.259. The van der Waals surface area contributed by atoms with Gasteiger partial charge in [0.05, 0.1) is 17.2 Å². The number of aromatic nitrogens is 3. The summed E-state index contributed by atoms with van der Waals surface area (Å²) in [6, 6.07) is 13.8. The summed E-state index contributed by atoms with van der Waals surface area (Å²) in [5.41, 5.74) is 2.92. The fourth-order valence-corrected chi connectivity index (χ4v) is 3.14. The fourth-order valence-electron chi connectivity index (χ4n) is 3.02. The predicted molar refractivity (Wildman–Crippen MR) is 102 cm³/mol. The van der Waals surface area contributed by atoms with Gasteiger partial charge in [-0.2, -0.15) is 5.10 Å². The first kappa shape index (κ1) is 16.4. The van der Waals surface area contributed by atoms with E-state index in [0.717, 1.165) is 5.52 Å². The minimum atomic E-state index is -0.259. The Morgan fingerprint density at radius 3 is 2.58 bits per heavy atom. The zero-order valence-corrected chi connectivity index (χ0v) is 14.7. The number of halogens is 1. The highest BCUT2D eigenvalue weighted by molar-refractivity contribution is 6.30. The zero-order chi connectivity index (χ0) is 18.3. The second-order valence-electron chi connectivity index (χ2n) is 5.84. The van der Waals surface area contributed by atoms with Gasteiger partial charge in [-0.15, -0.1) is 0 Å². The van der Waals surface area contributed by atoms with E-state index in [2.05, 4.69) is 10.4 Å². The topological polar surface area (TPSA) is 68.4 Å². The number of anilines is 1. The Labute approximate surface area is 153 Å². The molecule has 2 heterocycles. The number of nitrogens with zero attached hydrogens (tertiary/aromatic N) is 3.